The Labute approximate surface area is 202 Å². The Balaban J connectivity index is 1.55. The highest BCUT2D eigenvalue weighted by molar-refractivity contribution is 5.81. The molecule has 1 unspecified atom stereocenters. The molecule has 9 atom stereocenters. The number of hydrogen-bond donors (Lipinski definition) is 1. The highest BCUT2D eigenvalue weighted by Crippen LogP contribution is 2.67. The fourth-order valence-electron chi connectivity index (χ4n) is 9.06. The summed E-state index contributed by atoms with van der Waals surface area (Å²) in [7, 11) is 0. The van der Waals surface area contributed by atoms with Crippen LogP contribution in [0.25, 0.3) is 0 Å². The van der Waals surface area contributed by atoms with Crippen LogP contribution in [0.4, 0.5) is 0 Å². The third-order valence-electron chi connectivity index (χ3n) is 10.8. The van der Waals surface area contributed by atoms with E-state index in [-0.39, 0.29) is 17.5 Å². The Morgan fingerprint density at radius 1 is 1.21 bits per heavy atom. The highest BCUT2D eigenvalue weighted by atomic mass is 16.5. The minimum Gasteiger partial charge on any atom is -0.458 e. The molecule has 3 saturated carbocycles. The quantitative estimate of drug-likeness (QED) is 0.252. The van der Waals surface area contributed by atoms with Gasteiger partial charge in [-0.2, -0.15) is 0 Å². The number of hydrogen-bond acceptors (Lipinski definition) is 3. The predicted octanol–water partition coefficient (Wildman–Crippen LogP) is 7.10. The molecule has 0 amide bonds. The molecule has 4 rings (SSSR count). The second kappa shape index (κ2) is 9.51. The molecule has 4 aliphatic rings. The van der Waals surface area contributed by atoms with Crippen molar-refractivity contribution in [2.24, 2.45) is 46.3 Å². The number of allylic oxidation sites excluding steroid dienone is 1. The number of rotatable bonds is 7. The number of fused-ring (bicyclic) bond motifs is 5. The molecule has 0 aromatic carbocycles. The zero-order valence-corrected chi connectivity index (χ0v) is 21.8. The molecule has 4 aliphatic carbocycles. The van der Waals surface area contributed by atoms with E-state index in [0.29, 0.717) is 23.7 Å². The molecular formula is C30H48O3. The summed E-state index contributed by atoms with van der Waals surface area (Å²) in [5, 5.41) is 10.5. The summed E-state index contributed by atoms with van der Waals surface area (Å²) in [6.07, 6.45) is 14.8. The van der Waals surface area contributed by atoms with Crippen molar-refractivity contribution in [1.29, 1.82) is 0 Å². The molecule has 3 fully saturated rings. The van der Waals surface area contributed by atoms with Crippen LogP contribution < -0.4 is 0 Å². The topological polar surface area (TPSA) is 46.5 Å². The van der Waals surface area contributed by atoms with Gasteiger partial charge < -0.3 is 9.84 Å². The van der Waals surface area contributed by atoms with E-state index in [4.69, 9.17) is 4.74 Å². The van der Waals surface area contributed by atoms with E-state index >= 15 is 0 Å². The minimum absolute atomic E-state index is 0.150. The molecule has 0 aliphatic heterocycles. The summed E-state index contributed by atoms with van der Waals surface area (Å²) in [5.41, 5.74) is 1.63. The first kappa shape index (κ1) is 25.0. The van der Waals surface area contributed by atoms with Crippen molar-refractivity contribution < 1.29 is 14.6 Å². The first-order valence-electron chi connectivity index (χ1n) is 13.8. The Morgan fingerprint density at radius 3 is 2.67 bits per heavy atom. The zero-order valence-electron chi connectivity index (χ0n) is 21.8. The molecule has 0 spiro atoms. The third-order valence-corrected chi connectivity index (χ3v) is 10.8. The molecule has 0 aromatic heterocycles. The van der Waals surface area contributed by atoms with Crippen LogP contribution in [0.2, 0.25) is 0 Å². The first-order valence-corrected chi connectivity index (χ1v) is 13.8. The van der Waals surface area contributed by atoms with Gasteiger partial charge >= 0.3 is 5.97 Å². The van der Waals surface area contributed by atoms with Gasteiger partial charge in [-0.15, -0.1) is 0 Å². The largest absolute Gasteiger partial charge is 0.458 e. The summed E-state index contributed by atoms with van der Waals surface area (Å²) < 4.78 is 5.93. The maximum Gasteiger partial charge on any atom is 0.330 e. The van der Waals surface area contributed by atoms with Crippen molar-refractivity contribution in [3.63, 3.8) is 0 Å². The number of aliphatic hydroxyl groups is 1. The van der Waals surface area contributed by atoms with Gasteiger partial charge in [-0.3, -0.25) is 0 Å². The van der Waals surface area contributed by atoms with Crippen molar-refractivity contribution >= 4 is 5.97 Å². The van der Waals surface area contributed by atoms with Gasteiger partial charge in [0.05, 0.1) is 6.10 Å². The molecule has 1 N–H and O–H groups in total. The molecule has 33 heavy (non-hydrogen) atoms. The lowest BCUT2D eigenvalue weighted by atomic mass is 9.46. The Morgan fingerprint density at radius 2 is 1.97 bits per heavy atom. The average Bonchev–Trinajstić information content (AvgIpc) is 3.11. The first-order chi connectivity index (χ1) is 15.6. The van der Waals surface area contributed by atoms with Gasteiger partial charge in [-0.05, 0) is 79.4 Å². The van der Waals surface area contributed by atoms with Gasteiger partial charge in [-0.25, -0.2) is 4.79 Å². The molecule has 186 valence electrons. The van der Waals surface area contributed by atoms with E-state index in [2.05, 4.69) is 47.3 Å². The van der Waals surface area contributed by atoms with Gasteiger partial charge in [0, 0.05) is 17.9 Å². The second-order valence-electron chi connectivity index (χ2n) is 12.9. The van der Waals surface area contributed by atoms with E-state index in [0.717, 1.165) is 36.5 Å². The van der Waals surface area contributed by atoms with Crippen LogP contribution in [0, 0.1) is 46.3 Å². The van der Waals surface area contributed by atoms with Gasteiger partial charge in [0.25, 0.3) is 0 Å². The zero-order chi connectivity index (χ0) is 24.0. The maximum atomic E-state index is 12.2. The monoisotopic (exact) mass is 456 g/mol. The number of esters is 1. The molecular weight excluding hydrogens is 408 g/mol. The summed E-state index contributed by atoms with van der Waals surface area (Å²) in [4.78, 5) is 12.2. The summed E-state index contributed by atoms with van der Waals surface area (Å²) in [5.74, 6) is 4.09. The fourth-order valence-corrected chi connectivity index (χ4v) is 9.06. The van der Waals surface area contributed by atoms with Crippen LogP contribution in [-0.2, 0) is 9.53 Å². The highest BCUT2D eigenvalue weighted by Gasteiger charge is 2.61. The molecule has 0 radical (unpaired) electrons. The van der Waals surface area contributed by atoms with Gasteiger partial charge in [-0.1, -0.05) is 72.1 Å². The summed E-state index contributed by atoms with van der Waals surface area (Å²) in [6.45, 7) is 15.8. The Bertz CT molecular complexity index is 769. The third kappa shape index (κ3) is 4.37. The van der Waals surface area contributed by atoms with E-state index in [1.165, 1.54) is 56.6 Å². The van der Waals surface area contributed by atoms with Crippen molar-refractivity contribution in [2.75, 3.05) is 0 Å². The molecule has 3 heteroatoms. The van der Waals surface area contributed by atoms with Crippen LogP contribution in [0.5, 0.6) is 0 Å². The average molecular weight is 457 g/mol. The van der Waals surface area contributed by atoms with E-state index in [9.17, 15) is 9.90 Å². The Kier molecular flexibility index (Phi) is 7.21. The van der Waals surface area contributed by atoms with Crippen molar-refractivity contribution in [2.45, 2.75) is 111 Å². The molecule has 0 heterocycles. The SMILES string of the molecule is C=CC(=O)OC1C[C@@H](O)CC2=CC[C@H]3[C@@H]4CC[C@H]([C@H](C)CCCC(C)C)[C@@]4(C)CC[C@@H]3[C@]21C. The molecule has 0 saturated heterocycles. The number of ether oxygens (including phenoxy) is 1. The molecule has 0 bridgehead atoms. The van der Waals surface area contributed by atoms with E-state index < -0.39 is 6.10 Å². The summed E-state index contributed by atoms with van der Waals surface area (Å²) >= 11 is 0. The minimum atomic E-state index is -0.417. The normalized spacial score (nSPS) is 43.2. The fraction of sp³-hybridized carbons (Fsp3) is 0.833. The lowest BCUT2D eigenvalue weighted by Gasteiger charge is -2.60. The van der Waals surface area contributed by atoms with Crippen molar-refractivity contribution in [3.05, 3.63) is 24.3 Å². The van der Waals surface area contributed by atoms with Crippen LogP contribution >= 0.6 is 0 Å². The lowest BCUT2D eigenvalue weighted by molar-refractivity contribution is -0.163. The number of carbonyl (C=O) groups is 1. The summed E-state index contributed by atoms with van der Waals surface area (Å²) in [6, 6.07) is 0. The standard InChI is InChI=1S/C30H48O3/c1-7-28(32)33-27-18-22(31)17-21-11-12-23-25-14-13-24(20(4)10-8-9-19(2)3)29(25,5)16-15-26(23)30(21,27)6/h7,11,19-20,22-27,31H,1,8-10,12-18H2,2-6H3/t20-,22+,23+,24-,25+,26+,27?,29-,30+/m1/s1. The molecule has 3 nitrogen and oxygen atoms in total. The number of aliphatic hydroxyl groups excluding tert-OH is 1. The van der Waals surface area contributed by atoms with E-state index in [1.807, 2.05) is 0 Å². The Hall–Kier alpha value is -1.09. The molecule has 0 aromatic rings. The van der Waals surface area contributed by atoms with Crippen LogP contribution in [0.1, 0.15) is 98.8 Å². The van der Waals surface area contributed by atoms with Crippen molar-refractivity contribution in [1.82, 2.24) is 0 Å². The van der Waals surface area contributed by atoms with Gasteiger partial charge in [0.2, 0.25) is 0 Å². The maximum absolute atomic E-state index is 12.2. The van der Waals surface area contributed by atoms with E-state index in [1.54, 1.807) is 0 Å². The van der Waals surface area contributed by atoms with Crippen LogP contribution in [-0.4, -0.2) is 23.3 Å². The van der Waals surface area contributed by atoms with Crippen LogP contribution in [0.15, 0.2) is 24.3 Å². The van der Waals surface area contributed by atoms with Crippen LogP contribution in [0.3, 0.4) is 0 Å². The predicted molar refractivity (Wildman–Crippen MR) is 135 cm³/mol. The van der Waals surface area contributed by atoms with Gasteiger partial charge in [0.15, 0.2) is 0 Å². The van der Waals surface area contributed by atoms with Gasteiger partial charge in [0.1, 0.15) is 6.10 Å². The number of carbonyl (C=O) groups excluding carboxylic acids is 1. The second-order valence-corrected chi connectivity index (χ2v) is 12.9. The van der Waals surface area contributed by atoms with Crippen molar-refractivity contribution in [3.8, 4) is 0 Å². The smallest absolute Gasteiger partial charge is 0.330 e. The lowest BCUT2D eigenvalue weighted by Crippen LogP contribution is -2.56.